The van der Waals surface area contributed by atoms with Gasteiger partial charge in [0.25, 0.3) is 0 Å². The maximum Gasteiger partial charge on any atom is 0.159 e. The molecule has 0 atom stereocenters. The van der Waals surface area contributed by atoms with Gasteiger partial charge >= 0.3 is 0 Å². The van der Waals surface area contributed by atoms with Gasteiger partial charge in [-0.15, -0.1) is 0 Å². The molecule has 0 aromatic heterocycles. The third-order valence-corrected chi connectivity index (χ3v) is 5.34. The van der Waals surface area contributed by atoms with Gasteiger partial charge in [0, 0.05) is 49.9 Å². The van der Waals surface area contributed by atoms with Crippen molar-refractivity contribution >= 4 is 23.5 Å². The lowest BCUT2D eigenvalue weighted by Gasteiger charge is -2.34. The van der Waals surface area contributed by atoms with Gasteiger partial charge in [-0.3, -0.25) is 9.69 Å². The van der Waals surface area contributed by atoms with Crippen molar-refractivity contribution < 1.29 is 4.79 Å². The van der Waals surface area contributed by atoms with Crippen LogP contribution in [0.25, 0.3) is 6.08 Å². The Bertz CT molecular complexity index is 760. The second kappa shape index (κ2) is 9.84. The second-order valence-corrected chi connectivity index (χ2v) is 7.54. The predicted molar refractivity (Wildman–Crippen MR) is 114 cm³/mol. The Kier molecular flexibility index (Phi) is 7.22. The molecule has 0 unspecified atom stereocenters. The summed E-state index contributed by atoms with van der Waals surface area (Å²) in [5.41, 5.74) is 3.28. The summed E-state index contributed by atoms with van der Waals surface area (Å²) in [4.78, 5) is 16.4. The third-order valence-electron chi connectivity index (χ3n) is 5.09. The highest BCUT2D eigenvalue weighted by molar-refractivity contribution is 6.30. The van der Waals surface area contributed by atoms with Crippen molar-refractivity contribution in [3.63, 3.8) is 0 Å². The SMILES string of the molecule is CC(=O)c1ccc(CCN2CCN(CC=Cc3ccc(Cl)cc3)CC2)cc1. The topological polar surface area (TPSA) is 23.6 Å². The molecule has 0 saturated carbocycles. The van der Waals surface area contributed by atoms with E-state index in [0.717, 1.165) is 56.3 Å². The van der Waals surface area contributed by atoms with Crippen molar-refractivity contribution in [1.29, 1.82) is 0 Å². The fourth-order valence-corrected chi connectivity index (χ4v) is 3.43. The number of carbonyl (C=O) groups is 1. The standard InChI is InChI=1S/C23H27ClN2O/c1-19(27)22-8-4-21(5-9-22)12-14-26-17-15-25(16-18-26)13-2-3-20-6-10-23(24)11-7-20/h2-11H,12-18H2,1H3. The molecule has 3 rings (SSSR count). The van der Waals surface area contributed by atoms with Crippen molar-refractivity contribution in [1.82, 2.24) is 9.80 Å². The van der Waals surface area contributed by atoms with E-state index in [2.05, 4.69) is 34.1 Å². The molecule has 1 heterocycles. The molecule has 0 amide bonds. The Labute approximate surface area is 167 Å². The van der Waals surface area contributed by atoms with Crippen molar-refractivity contribution in [2.75, 3.05) is 39.3 Å². The zero-order valence-corrected chi connectivity index (χ0v) is 16.7. The van der Waals surface area contributed by atoms with Crippen molar-refractivity contribution in [3.8, 4) is 0 Å². The molecule has 0 spiro atoms. The summed E-state index contributed by atoms with van der Waals surface area (Å²) in [5.74, 6) is 0.128. The van der Waals surface area contributed by atoms with Crippen LogP contribution in [0, 0.1) is 0 Å². The number of benzene rings is 2. The maximum atomic E-state index is 11.3. The van der Waals surface area contributed by atoms with Crippen molar-refractivity contribution in [2.45, 2.75) is 13.3 Å². The van der Waals surface area contributed by atoms with E-state index in [4.69, 9.17) is 11.6 Å². The summed E-state index contributed by atoms with van der Waals surface area (Å²) >= 11 is 5.91. The summed E-state index contributed by atoms with van der Waals surface area (Å²) < 4.78 is 0. The quantitative estimate of drug-likeness (QED) is 0.662. The number of hydrogen-bond donors (Lipinski definition) is 0. The summed E-state index contributed by atoms with van der Waals surface area (Å²) in [6.45, 7) is 8.11. The molecule has 3 nitrogen and oxygen atoms in total. The Morgan fingerprint density at radius 1 is 0.963 bits per heavy atom. The number of hydrogen-bond acceptors (Lipinski definition) is 3. The first-order chi connectivity index (χ1) is 13.1. The first kappa shape index (κ1) is 19.8. The average Bonchev–Trinajstić information content (AvgIpc) is 2.69. The van der Waals surface area contributed by atoms with E-state index in [1.165, 1.54) is 11.1 Å². The Hall–Kier alpha value is -1.94. The van der Waals surface area contributed by atoms with Crippen LogP contribution < -0.4 is 0 Å². The highest BCUT2D eigenvalue weighted by Crippen LogP contribution is 2.11. The molecule has 1 aliphatic rings. The summed E-state index contributed by atoms with van der Waals surface area (Å²) in [6, 6.07) is 16.0. The van der Waals surface area contributed by atoms with E-state index >= 15 is 0 Å². The highest BCUT2D eigenvalue weighted by atomic mass is 35.5. The summed E-state index contributed by atoms with van der Waals surface area (Å²) in [6.07, 6.45) is 5.43. The molecule has 27 heavy (non-hydrogen) atoms. The van der Waals surface area contributed by atoms with Crippen LogP contribution in [0.4, 0.5) is 0 Å². The molecule has 4 heteroatoms. The molecular weight excluding hydrogens is 356 g/mol. The second-order valence-electron chi connectivity index (χ2n) is 7.10. The lowest BCUT2D eigenvalue weighted by molar-refractivity contribution is 0.101. The van der Waals surface area contributed by atoms with E-state index in [9.17, 15) is 4.79 Å². The molecule has 2 aromatic carbocycles. The van der Waals surface area contributed by atoms with Crippen LogP contribution in [0.15, 0.2) is 54.6 Å². The minimum Gasteiger partial charge on any atom is -0.300 e. The van der Waals surface area contributed by atoms with Crippen LogP contribution in [-0.2, 0) is 6.42 Å². The number of nitrogens with zero attached hydrogens (tertiary/aromatic N) is 2. The van der Waals surface area contributed by atoms with Gasteiger partial charge in [-0.25, -0.2) is 0 Å². The molecule has 2 aromatic rings. The third kappa shape index (κ3) is 6.31. The monoisotopic (exact) mass is 382 g/mol. The van der Waals surface area contributed by atoms with Gasteiger partial charge < -0.3 is 4.90 Å². The molecule has 142 valence electrons. The zero-order valence-electron chi connectivity index (χ0n) is 15.9. The molecule has 0 radical (unpaired) electrons. The Morgan fingerprint density at radius 3 is 2.22 bits per heavy atom. The summed E-state index contributed by atoms with van der Waals surface area (Å²) in [7, 11) is 0. The number of piperazine rings is 1. The number of halogens is 1. The largest absolute Gasteiger partial charge is 0.300 e. The van der Waals surface area contributed by atoms with Crippen LogP contribution in [0.1, 0.15) is 28.4 Å². The zero-order chi connectivity index (χ0) is 19.1. The summed E-state index contributed by atoms with van der Waals surface area (Å²) in [5, 5.41) is 0.776. The lowest BCUT2D eigenvalue weighted by atomic mass is 10.1. The van der Waals surface area contributed by atoms with Gasteiger partial charge in [0.05, 0.1) is 0 Å². The van der Waals surface area contributed by atoms with Gasteiger partial charge in [-0.1, -0.05) is 60.2 Å². The van der Waals surface area contributed by atoms with E-state index in [0.29, 0.717) is 0 Å². The van der Waals surface area contributed by atoms with Crippen molar-refractivity contribution in [3.05, 3.63) is 76.3 Å². The van der Waals surface area contributed by atoms with Gasteiger partial charge in [-0.2, -0.15) is 0 Å². The van der Waals surface area contributed by atoms with Crippen LogP contribution in [-0.4, -0.2) is 54.9 Å². The lowest BCUT2D eigenvalue weighted by Crippen LogP contribution is -2.46. The van der Waals surface area contributed by atoms with E-state index in [-0.39, 0.29) is 5.78 Å². The van der Waals surface area contributed by atoms with Gasteiger partial charge in [0.1, 0.15) is 0 Å². The smallest absolute Gasteiger partial charge is 0.159 e. The fraction of sp³-hybridized carbons (Fsp3) is 0.348. The molecule has 1 aliphatic heterocycles. The minimum atomic E-state index is 0.128. The van der Waals surface area contributed by atoms with E-state index in [1.807, 2.05) is 36.4 Å². The average molecular weight is 383 g/mol. The van der Waals surface area contributed by atoms with Crippen molar-refractivity contribution in [2.24, 2.45) is 0 Å². The number of rotatable bonds is 7. The number of Topliss-reactive ketones (excluding diaryl/α,β-unsaturated/α-hetero) is 1. The van der Waals surface area contributed by atoms with Crippen LogP contribution in [0.3, 0.4) is 0 Å². The number of carbonyl (C=O) groups excluding carboxylic acids is 1. The van der Waals surface area contributed by atoms with Crippen LogP contribution >= 0.6 is 11.6 Å². The highest BCUT2D eigenvalue weighted by Gasteiger charge is 2.15. The molecule has 0 aliphatic carbocycles. The van der Waals surface area contributed by atoms with Gasteiger partial charge in [0.2, 0.25) is 0 Å². The Balaban J connectivity index is 1.37. The first-order valence-electron chi connectivity index (χ1n) is 9.57. The molecule has 0 bridgehead atoms. The first-order valence-corrected chi connectivity index (χ1v) is 9.94. The van der Waals surface area contributed by atoms with E-state index < -0.39 is 0 Å². The minimum absolute atomic E-state index is 0.128. The molecule has 0 N–H and O–H groups in total. The fourth-order valence-electron chi connectivity index (χ4n) is 3.30. The number of ketones is 1. The van der Waals surface area contributed by atoms with E-state index in [1.54, 1.807) is 6.92 Å². The van der Waals surface area contributed by atoms with Crippen LogP contribution in [0.2, 0.25) is 5.02 Å². The Morgan fingerprint density at radius 2 is 1.59 bits per heavy atom. The van der Waals surface area contributed by atoms with Gasteiger partial charge in [-0.05, 0) is 36.6 Å². The predicted octanol–water partition coefficient (Wildman–Crippen LogP) is 4.42. The molecule has 1 fully saturated rings. The maximum absolute atomic E-state index is 11.3. The molecule has 1 saturated heterocycles. The molecular formula is C23H27ClN2O. The normalized spacial score (nSPS) is 16.1. The van der Waals surface area contributed by atoms with Crippen LogP contribution in [0.5, 0.6) is 0 Å². The van der Waals surface area contributed by atoms with Gasteiger partial charge in [0.15, 0.2) is 5.78 Å².